The van der Waals surface area contributed by atoms with E-state index in [9.17, 15) is 13.2 Å². The summed E-state index contributed by atoms with van der Waals surface area (Å²) in [7, 11) is -3.23. The summed E-state index contributed by atoms with van der Waals surface area (Å²) in [5, 5.41) is 20.9. The molecule has 0 aliphatic carbocycles. The number of aryl methyl sites for hydroxylation is 3. The summed E-state index contributed by atoms with van der Waals surface area (Å²) in [5.41, 5.74) is 0.904. The smallest absolute Gasteiger partial charge is 0.230 e. The minimum Gasteiger partial charge on any atom is -0.300 e. The van der Waals surface area contributed by atoms with Crippen LogP contribution in [0.15, 0.2) is 30.3 Å². The molecule has 0 saturated carbocycles. The van der Waals surface area contributed by atoms with Gasteiger partial charge in [0, 0.05) is 12.8 Å². The molecule has 0 aliphatic rings. The summed E-state index contributed by atoms with van der Waals surface area (Å²) in [6.45, 7) is 1.83. The Hall–Kier alpha value is -2.24. The number of anilines is 1. The van der Waals surface area contributed by atoms with E-state index >= 15 is 0 Å². The number of amides is 1. The molecule has 0 bridgehead atoms. The minimum absolute atomic E-state index is 0.0165. The zero-order chi connectivity index (χ0) is 20.0. The largest absolute Gasteiger partial charge is 0.300 e. The van der Waals surface area contributed by atoms with Gasteiger partial charge in [-0.1, -0.05) is 41.7 Å². The second-order valence-corrected chi connectivity index (χ2v) is 10.7. The molecule has 1 aromatic carbocycles. The van der Waals surface area contributed by atoms with Gasteiger partial charge < -0.3 is 5.32 Å². The summed E-state index contributed by atoms with van der Waals surface area (Å²) in [6, 6.07) is 9.38. The third-order valence-corrected chi connectivity index (χ3v) is 7.19. The van der Waals surface area contributed by atoms with Crippen molar-refractivity contribution >= 4 is 43.5 Å². The number of nitrogens with zero attached hydrogens (tertiary/aromatic N) is 4. The van der Waals surface area contributed by atoms with Crippen LogP contribution in [0.4, 0.5) is 5.13 Å². The molecule has 11 heteroatoms. The lowest BCUT2D eigenvalue weighted by molar-refractivity contribution is -0.115. The SMILES string of the molecule is Cc1nnc(CCS(=O)(=O)CCc2nnc(NC(=O)Cc3ccccc3)s2)s1. The van der Waals surface area contributed by atoms with Crippen molar-refractivity contribution in [3.05, 3.63) is 50.9 Å². The zero-order valence-corrected chi connectivity index (χ0v) is 17.6. The maximum Gasteiger partial charge on any atom is 0.230 e. The third kappa shape index (κ3) is 6.43. The molecule has 1 N–H and O–H groups in total. The number of sulfone groups is 1. The molecule has 0 unspecified atom stereocenters. The Balaban J connectivity index is 1.46. The number of aromatic nitrogens is 4. The van der Waals surface area contributed by atoms with E-state index in [1.807, 2.05) is 37.3 Å². The first-order valence-corrected chi connectivity index (χ1v) is 12.0. The van der Waals surface area contributed by atoms with Crippen molar-refractivity contribution in [1.29, 1.82) is 0 Å². The second kappa shape index (κ2) is 9.30. The normalized spacial score (nSPS) is 11.5. The van der Waals surface area contributed by atoms with Crippen LogP contribution in [0.2, 0.25) is 0 Å². The van der Waals surface area contributed by atoms with E-state index in [0.29, 0.717) is 16.6 Å². The summed E-state index contributed by atoms with van der Waals surface area (Å²) in [4.78, 5) is 12.1. The quantitative estimate of drug-likeness (QED) is 0.545. The van der Waals surface area contributed by atoms with Crippen LogP contribution in [0.25, 0.3) is 0 Å². The van der Waals surface area contributed by atoms with Crippen LogP contribution < -0.4 is 5.32 Å². The predicted octanol–water partition coefficient (Wildman–Crippen LogP) is 2.08. The number of hydrogen-bond acceptors (Lipinski definition) is 9. The highest BCUT2D eigenvalue weighted by molar-refractivity contribution is 7.91. The van der Waals surface area contributed by atoms with Crippen LogP contribution in [0.3, 0.4) is 0 Å². The van der Waals surface area contributed by atoms with E-state index in [1.165, 1.54) is 22.7 Å². The highest BCUT2D eigenvalue weighted by Gasteiger charge is 2.15. The molecule has 3 rings (SSSR count). The van der Waals surface area contributed by atoms with E-state index in [-0.39, 0.29) is 30.3 Å². The molecule has 0 radical (unpaired) electrons. The van der Waals surface area contributed by atoms with Gasteiger partial charge in [0.2, 0.25) is 11.0 Å². The molecule has 0 aliphatic heterocycles. The Labute approximate surface area is 171 Å². The fraction of sp³-hybridized carbons (Fsp3) is 0.353. The Bertz CT molecular complexity index is 1030. The van der Waals surface area contributed by atoms with E-state index < -0.39 is 9.84 Å². The van der Waals surface area contributed by atoms with Gasteiger partial charge in [0.1, 0.15) is 15.0 Å². The number of rotatable bonds is 9. The third-order valence-electron chi connectivity index (χ3n) is 3.74. The Morgan fingerprint density at radius 2 is 1.61 bits per heavy atom. The highest BCUT2D eigenvalue weighted by Crippen LogP contribution is 2.17. The molecular formula is C17H19N5O3S3. The minimum atomic E-state index is -3.23. The summed E-state index contributed by atoms with van der Waals surface area (Å²) < 4.78 is 24.4. The molecule has 0 atom stereocenters. The van der Waals surface area contributed by atoms with Gasteiger partial charge in [-0.25, -0.2) is 8.42 Å². The van der Waals surface area contributed by atoms with Crippen molar-refractivity contribution in [2.45, 2.75) is 26.2 Å². The van der Waals surface area contributed by atoms with Crippen LogP contribution in [-0.4, -0.2) is 46.2 Å². The molecule has 2 heterocycles. The topological polar surface area (TPSA) is 115 Å². The molecule has 0 fully saturated rings. The first kappa shape index (κ1) is 20.5. The van der Waals surface area contributed by atoms with Crippen LogP contribution in [0, 0.1) is 6.92 Å². The first-order valence-electron chi connectivity index (χ1n) is 8.55. The van der Waals surface area contributed by atoms with Gasteiger partial charge in [0.15, 0.2) is 9.84 Å². The fourth-order valence-electron chi connectivity index (χ4n) is 2.38. The summed E-state index contributed by atoms with van der Waals surface area (Å²) >= 11 is 2.60. The molecule has 1 amide bonds. The lowest BCUT2D eigenvalue weighted by Crippen LogP contribution is -2.14. The second-order valence-electron chi connectivity index (χ2n) is 6.08. The average Bonchev–Trinajstić information content (AvgIpc) is 3.28. The van der Waals surface area contributed by atoms with Gasteiger partial charge in [-0.2, -0.15) is 0 Å². The van der Waals surface area contributed by atoms with Gasteiger partial charge in [0.25, 0.3) is 0 Å². The van der Waals surface area contributed by atoms with E-state index in [1.54, 1.807) is 0 Å². The summed E-state index contributed by atoms with van der Waals surface area (Å²) in [6.07, 6.45) is 0.879. The molecule has 0 saturated heterocycles. The monoisotopic (exact) mass is 437 g/mol. The molecule has 148 valence electrons. The van der Waals surface area contributed by atoms with Crippen molar-refractivity contribution in [3.8, 4) is 0 Å². The molecular weight excluding hydrogens is 418 g/mol. The van der Waals surface area contributed by atoms with Gasteiger partial charge >= 0.3 is 0 Å². The fourth-order valence-corrected chi connectivity index (χ4v) is 5.31. The van der Waals surface area contributed by atoms with Gasteiger partial charge in [-0.05, 0) is 12.5 Å². The average molecular weight is 438 g/mol. The lowest BCUT2D eigenvalue weighted by Gasteiger charge is -2.01. The van der Waals surface area contributed by atoms with Crippen LogP contribution >= 0.6 is 22.7 Å². The molecule has 0 spiro atoms. The van der Waals surface area contributed by atoms with Crippen molar-refractivity contribution in [2.75, 3.05) is 16.8 Å². The van der Waals surface area contributed by atoms with Gasteiger partial charge in [0.05, 0.1) is 17.9 Å². The van der Waals surface area contributed by atoms with Crippen molar-refractivity contribution < 1.29 is 13.2 Å². The van der Waals surface area contributed by atoms with Crippen molar-refractivity contribution in [2.24, 2.45) is 0 Å². The lowest BCUT2D eigenvalue weighted by atomic mass is 10.1. The van der Waals surface area contributed by atoms with Gasteiger partial charge in [-0.3, -0.25) is 4.79 Å². The van der Waals surface area contributed by atoms with Crippen molar-refractivity contribution in [3.63, 3.8) is 0 Å². The number of carbonyl (C=O) groups is 1. The highest BCUT2D eigenvalue weighted by atomic mass is 32.2. The van der Waals surface area contributed by atoms with Crippen LogP contribution in [0.5, 0.6) is 0 Å². The standard InChI is InChI=1S/C17H19N5O3S3/c1-12-19-20-15(26-12)7-9-28(24,25)10-8-16-21-22-17(27-16)18-14(23)11-13-5-3-2-4-6-13/h2-6H,7-11H2,1H3,(H,18,22,23). The molecule has 3 aromatic rings. The number of nitrogens with one attached hydrogen (secondary N) is 1. The number of benzene rings is 1. The molecule has 8 nitrogen and oxygen atoms in total. The van der Waals surface area contributed by atoms with E-state index in [0.717, 1.165) is 15.6 Å². The zero-order valence-electron chi connectivity index (χ0n) is 15.2. The summed E-state index contributed by atoms with van der Waals surface area (Å²) in [5.74, 6) is -0.174. The van der Waals surface area contributed by atoms with Crippen LogP contribution in [0.1, 0.15) is 20.6 Å². The van der Waals surface area contributed by atoms with E-state index in [2.05, 4.69) is 25.7 Å². The van der Waals surface area contributed by atoms with E-state index in [4.69, 9.17) is 0 Å². The van der Waals surface area contributed by atoms with Crippen molar-refractivity contribution in [1.82, 2.24) is 20.4 Å². The number of carbonyl (C=O) groups excluding carboxylic acids is 1. The van der Waals surface area contributed by atoms with Crippen LogP contribution in [-0.2, 0) is 33.9 Å². The maximum absolute atomic E-state index is 12.2. The first-order chi connectivity index (χ1) is 13.4. The Morgan fingerprint density at radius 1 is 0.964 bits per heavy atom. The Morgan fingerprint density at radius 3 is 2.25 bits per heavy atom. The molecule has 2 aromatic heterocycles. The maximum atomic E-state index is 12.2. The number of hydrogen-bond donors (Lipinski definition) is 1. The van der Waals surface area contributed by atoms with Gasteiger partial charge in [-0.15, -0.1) is 31.7 Å². The molecule has 28 heavy (non-hydrogen) atoms. The predicted molar refractivity (Wildman–Crippen MR) is 109 cm³/mol. The Kier molecular flexibility index (Phi) is 6.81.